The van der Waals surface area contributed by atoms with E-state index in [9.17, 15) is 4.79 Å². The maximum Gasteiger partial charge on any atom is 0.210 e. The van der Waals surface area contributed by atoms with E-state index in [4.69, 9.17) is 0 Å². The molecule has 1 aromatic carbocycles. The minimum absolute atomic E-state index is 0.0804. The van der Waals surface area contributed by atoms with Crippen molar-refractivity contribution < 1.29 is 4.79 Å². The van der Waals surface area contributed by atoms with E-state index in [0.717, 1.165) is 29.3 Å². The summed E-state index contributed by atoms with van der Waals surface area (Å²) in [7, 11) is 1.81. The summed E-state index contributed by atoms with van der Waals surface area (Å²) >= 11 is 3.48. The van der Waals surface area contributed by atoms with Crippen molar-refractivity contribution in [1.29, 1.82) is 0 Å². The molecule has 0 spiro atoms. The quantitative estimate of drug-likeness (QED) is 0.817. The third kappa shape index (κ3) is 1.92. The smallest absolute Gasteiger partial charge is 0.210 e. The highest BCUT2D eigenvalue weighted by Crippen LogP contribution is 2.46. The highest BCUT2D eigenvalue weighted by Gasteiger charge is 2.47. The summed E-state index contributed by atoms with van der Waals surface area (Å²) in [6, 6.07) is 8.01. The first kappa shape index (κ1) is 12.5. The van der Waals surface area contributed by atoms with Crippen LogP contribution in [0.5, 0.6) is 0 Å². The van der Waals surface area contributed by atoms with Crippen LogP contribution in [-0.4, -0.2) is 20.5 Å². The van der Waals surface area contributed by atoms with Crippen molar-refractivity contribution in [2.45, 2.75) is 24.7 Å². The number of rotatable bonds is 3. The summed E-state index contributed by atoms with van der Waals surface area (Å²) in [4.78, 5) is 12.8. The Kier molecular flexibility index (Phi) is 3.01. The molecule has 3 rings (SSSR count). The van der Waals surface area contributed by atoms with E-state index in [2.05, 4.69) is 26.1 Å². The lowest BCUT2D eigenvalue weighted by atomic mass is 9.61. The molecule has 1 aliphatic carbocycles. The van der Waals surface area contributed by atoms with Crippen LogP contribution in [-0.2, 0) is 12.5 Å². The fraction of sp³-hybridized carbons (Fsp3) is 0.357. The number of benzene rings is 1. The fourth-order valence-corrected chi connectivity index (χ4v) is 3.07. The van der Waals surface area contributed by atoms with Crippen LogP contribution in [0.4, 0.5) is 0 Å². The van der Waals surface area contributed by atoms with Gasteiger partial charge in [-0.15, -0.1) is 10.2 Å². The zero-order valence-corrected chi connectivity index (χ0v) is 12.2. The van der Waals surface area contributed by atoms with Gasteiger partial charge in [0.05, 0.1) is 5.41 Å². The van der Waals surface area contributed by atoms with E-state index in [1.807, 2.05) is 24.3 Å². The molecule has 1 aliphatic rings. The monoisotopic (exact) mass is 319 g/mol. The third-order valence-electron chi connectivity index (χ3n) is 3.93. The minimum Gasteiger partial charge on any atom is -0.314 e. The molecule has 0 N–H and O–H groups in total. The molecule has 0 amide bonds. The van der Waals surface area contributed by atoms with E-state index in [0.29, 0.717) is 5.82 Å². The summed E-state index contributed by atoms with van der Waals surface area (Å²) in [6.07, 6.45) is 4.42. The van der Waals surface area contributed by atoms with Gasteiger partial charge in [-0.1, -0.05) is 34.5 Å². The average molecular weight is 320 g/mol. The zero-order chi connectivity index (χ0) is 13.5. The number of ketones is 1. The first-order valence-corrected chi connectivity index (χ1v) is 7.08. The van der Waals surface area contributed by atoms with E-state index < -0.39 is 5.41 Å². The Labute approximate surface area is 120 Å². The van der Waals surface area contributed by atoms with Gasteiger partial charge in [0, 0.05) is 11.5 Å². The largest absolute Gasteiger partial charge is 0.314 e. The second-order valence-electron chi connectivity index (χ2n) is 5.04. The lowest BCUT2D eigenvalue weighted by Crippen LogP contribution is -2.43. The van der Waals surface area contributed by atoms with Gasteiger partial charge in [-0.05, 0) is 30.5 Å². The van der Waals surface area contributed by atoms with E-state index in [1.165, 1.54) is 0 Å². The molecule has 2 aromatic rings. The fourth-order valence-electron chi connectivity index (χ4n) is 2.67. The third-order valence-corrected chi connectivity index (χ3v) is 4.43. The molecule has 1 fully saturated rings. The van der Waals surface area contributed by atoms with Gasteiger partial charge in [0.1, 0.15) is 6.33 Å². The predicted octanol–water partition coefficient (Wildman–Crippen LogP) is 2.88. The molecule has 4 nitrogen and oxygen atoms in total. The van der Waals surface area contributed by atoms with Crippen molar-refractivity contribution in [2.75, 3.05) is 0 Å². The number of carbonyl (C=O) groups excluding carboxylic acids is 1. The zero-order valence-electron chi connectivity index (χ0n) is 10.6. The van der Waals surface area contributed by atoms with Crippen LogP contribution in [0.25, 0.3) is 0 Å². The molecule has 98 valence electrons. The molecular weight excluding hydrogens is 306 g/mol. The Morgan fingerprint density at radius 1 is 1.42 bits per heavy atom. The Morgan fingerprint density at radius 3 is 2.74 bits per heavy atom. The van der Waals surface area contributed by atoms with E-state index >= 15 is 0 Å². The molecule has 1 aromatic heterocycles. The van der Waals surface area contributed by atoms with Crippen LogP contribution in [0.3, 0.4) is 0 Å². The van der Waals surface area contributed by atoms with Gasteiger partial charge in [0.15, 0.2) is 0 Å². The molecule has 1 heterocycles. The molecule has 0 bridgehead atoms. The topological polar surface area (TPSA) is 47.8 Å². The molecule has 0 saturated heterocycles. The highest BCUT2D eigenvalue weighted by molar-refractivity contribution is 9.10. The molecule has 0 radical (unpaired) electrons. The van der Waals surface area contributed by atoms with Gasteiger partial charge in [-0.2, -0.15) is 0 Å². The Bertz CT molecular complexity index is 631. The van der Waals surface area contributed by atoms with Crippen molar-refractivity contribution in [3.63, 3.8) is 0 Å². The number of hydrogen-bond donors (Lipinski definition) is 0. The normalized spacial score (nSPS) is 16.9. The van der Waals surface area contributed by atoms with Gasteiger partial charge in [0.2, 0.25) is 11.6 Å². The number of carbonyl (C=O) groups is 1. The Balaban J connectivity index is 2.05. The van der Waals surface area contributed by atoms with Crippen LogP contribution < -0.4 is 0 Å². The van der Waals surface area contributed by atoms with E-state index in [1.54, 1.807) is 17.9 Å². The molecule has 0 unspecified atom stereocenters. The van der Waals surface area contributed by atoms with Crippen molar-refractivity contribution in [3.05, 3.63) is 46.5 Å². The number of halogens is 1. The number of hydrogen-bond acceptors (Lipinski definition) is 3. The molecule has 0 aliphatic heterocycles. The molecular formula is C14H14BrN3O. The van der Waals surface area contributed by atoms with Crippen molar-refractivity contribution >= 4 is 21.7 Å². The van der Waals surface area contributed by atoms with Crippen molar-refractivity contribution in [3.8, 4) is 0 Å². The second-order valence-corrected chi connectivity index (χ2v) is 5.96. The Morgan fingerprint density at radius 2 is 2.21 bits per heavy atom. The van der Waals surface area contributed by atoms with Gasteiger partial charge >= 0.3 is 0 Å². The van der Waals surface area contributed by atoms with E-state index in [-0.39, 0.29) is 5.78 Å². The van der Waals surface area contributed by atoms with Gasteiger partial charge in [-0.25, -0.2) is 0 Å². The highest BCUT2D eigenvalue weighted by atomic mass is 79.9. The SMILES string of the molecule is Cn1cnnc1C(=O)C1(c2cccc(Br)c2)CCC1. The van der Waals surface area contributed by atoms with Gasteiger partial charge in [0.25, 0.3) is 0 Å². The van der Waals surface area contributed by atoms with Crippen LogP contribution in [0.1, 0.15) is 35.4 Å². The molecule has 5 heteroatoms. The van der Waals surface area contributed by atoms with Crippen LogP contribution in [0.15, 0.2) is 35.1 Å². The van der Waals surface area contributed by atoms with Gasteiger partial charge < -0.3 is 4.57 Å². The molecule has 1 saturated carbocycles. The van der Waals surface area contributed by atoms with Gasteiger partial charge in [-0.3, -0.25) is 4.79 Å². The summed E-state index contributed by atoms with van der Waals surface area (Å²) in [6.45, 7) is 0. The maximum absolute atomic E-state index is 12.8. The lowest BCUT2D eigenvalue weighted by molar-refractivity contribution is 0.0773. The van der Waals surface area contributed by atoms with Crippen molar-refractivity contribution in [2.24, 2.45) is 7.05 Å². The standard InChI is InChI=1S/C14H14BrN3O/c1-18-9-16-17-13(18)12(19)14(6-3-7-14)10-4-2-5-11(15)8-10/h2,4-5,8-9H,3,6-7H2,1H3. The second kappa shape index (κ2) is 4.56. The van der Waals surface area contributed by atoms with Crippen LogP contribution in [0, 0.1) is 0 Å². The number of aromatic nitrogens is 3. The van der Waals surface area contributed by atoms with Crippen LogP contribution >= 0.6 is 15.9 Å². The number of Topliss-reactive ketones (excluding diaryl/α,β-unsaturated/α-hetero) is 1. The number of nitrogens with zero attached hydrogens (tertiary/aromatic N) is 3. The predicted molar refractivity (Wildman–Crippen MR) is 75.0 cm³/mol. The summed E-state index contributed by atoms with van der Waals surface area (Å²) < 4.78 is 2.70. The first-order chi connectivity index (χ1) is 9.13. The number of aryl methyl sites for hydroxylation is 1. The van der Waals surface area contributed by atoms with Crippen molar-refractivity contribution in [1.82, 2.24) is 14.8 Å². The summed E-state index contributed by atoms with van der Waals surface area (Å²) in [5.41, 5.74) is 0.658. The molecule has 19 heavy (non-hydrogen) atoms. The maximum atomic E-state index is 12.8. The molecule has 0 atom stereocenters. The Hall–Kier alpha value is -1.49. The first-order valence-electron chi connectivity index (χ1n) is 6.28. The van der Waals surface area contributed by atoms with Crippen LogP contribution in [0.2, 0.25) is 0 Å². The lowest BCUT2D eigenvalue weighted by Gasteiger charge is -2.40. The summed E-state index contributed by atoms with van der Waals surface area (Å²) in [5, 5.41) is 7.77. The average Bonchev–Trinajstić information content (AvgIpc) is 2.74. The summed E-state index contributed by atoms with van der Waals surface area (Å²) in [5.74, 6) is 0.525. The minimum atomic E-state index is -0.412.